The minimum atomic E-state index is -2.69. The summed E-state index contributed by atoms with van der Waals surface area (Å²) in [5, 5.41) is 4.36. The number of hydrogen-bond donors (Lipinski definition) is 0. The molecule has 0 bridgehead atoms. The largest absolute Gasteiger partial charge is 0.616 e. The Bertz CT molecular complexity index is 805. The molecular weight excluding hydrogens is 398 g/mol. The van der Waals surface area contributed by atoms with Crippen LogP contribution >= 0.6 is 11.6 Å². The van der Waals surface area contributed by atoms with Gasteiger partial charge in [-0.15, -0.1) is 0 Å². The highest BCUT2D eigenvalue weighted by molar-refractivity contribution is 7.91. The highest BCUT2D eigenvalue weighted by Gasteiger charge is 2.58. The van der Waals surface area contributed by atoms with E-state index in [-0.39, 0.29) is 35.4 Å². The fourth-order valence-electron chi connectivity index (χ4n) is 2.72. The zero-order valence-electron chi connectivity index (χ0n) is 14.6. The van der Waals surface area contributed by atoms with Crippen LogP contribution < -0.4 is 4.90 Å². The summed E-state index contributed by atoms with van der Waals surface area (Å²) in [5.74, 6) is -3.80. The standard InChI is InChI=1S/C17H19ClF2N4O2S/c1-2-23(15(25)5-7-27(26)11-12-8-17(12,19)20)14-10-24(22-16(14)18)13-4-3-6-21-9-13/h3-4,6,9-10,12H,2,5,7-8,11H2,1H3. The Kier molecular flexibility index (Phi) is 6.02. The average molecular weight is 417 g/mol. The molecule has 0 aliphatic heterocycles. The molecule has 6 nitrogen and oxygen atoms in total. The van der Waals surface area contributed by atoms with Crippen LogP contribution in [0.4, 0.5) is 14.5 Å². The van der Waals surface area contributed by atoms with Crippen LogP contribution in [0.1, 0.15) is 19.8 Å². The lowest BCUT2D eigenvalue weighted by molar-refractivity contribution is -0.118. The van der Waals surface area contributed by atoms with Crippen molar-refractivity contribution in [2.24, 2.45) is 5.92 Å². The zero-order chi connectivity index (χ0) is 19.6. The molecule has 1 amide bonds. The Hall–Kier alpha value is -1.71. The van der Waals surface area contributed by atoms with Gasteiger partial charge in [0.1, 0.15) is 17.2 Å². The summed E-state index contributed by atoms with van der Waals surface area (Å²) in [6.07, 6.45) is 4.66. The number of halogens is 3. The molecule has 146 valence electrons. The first-order chi connectivity index (χ1) is 12.8. The fourth-order valence-corrected chi connectivity index (χ4v) is 4.33. The van der Waals surface area contributed by atoms with Gasteiger partial charge in [0.05, 0.1) is 30.4 Å². The second kappa shape index (κ2) is 8.12. The van der Waals surface area contributed by atoms with Crippen molar-refractivity contribution in [3.63, 3.8) is 0 Å². The third kappa shape index (κ3) is 4.77. The number of alkyl halides is 2. The minimum Gasteiger partial charge on any atom is -0.616 e. The summed E-state index contributed by atoms with van der Waals surface area (Å²) in [6.45, 7) is 2.14. The Labute approximate surface area is 163 Å². The molecule has 1 aliphatic carbocycles. The van der Waals surface area contributed by atoms with Crippen LogP contribution in [0.25, 0.3) is 5.69 Å². The smallest absolute Gasteiger partial charge is 0.256 e. The summed E-state index contributed by atoms with van der Waals surface area (Å²) >= 11 is 4.74. The number of hydrogen-bond acceptors (Lipinski definition) is 4. The average Bonchev–Trinajstić information content (AvgIpc) is 3.05. The van der Waals surface area contributed by atoms with Gasteiger partial charge >= 0.3 is 0 Å². The second-order valence-corrected chi connectivity index (χ2v) is 8.30. The molecule has 2 unspecified atom stereocenters. The van der Waals surface area contributed by atoms with Gasteiger partial charge < -0.3 is 9.45 Å². The number of aromatic nitrogens is 3. The highest BCUT2D eigenvalue weighted by Crippen LogP contribution is 2.49. The summed E-state index contributed by atoms with van der Waals surface area (Å²) < 4.78 is 39.3. The number of rotatable bonds is 8. The maximum absolute atomic E-state index is 12.9. The maximum Gasteiger partial charge on any atom is 0.256 e. The molecule has 2 atom stereocenters. The van der Waals surface area contributed by atoms with Crippen molar-refractivity contribution < 1.29 is 18.1 Å². The van der Waals surface area contributed by atoms with E-state index < -0.39 is 23.0 Å². The predicted octanol–water partition coefficient (Wildman–Crippen LogP) is 3.07. The molecule has 3 rings (SSSR count). The zero-order valence-corrected chi connectivity index (χ0v) is 16.2. The van der Waals surface area contributed by atoms with Gasteiger partial charge in [-0.1, -0.05) is 22.8 Å². The van der Waals surface area contributed by atoms with E-state index in [2.05, 4.69) is 10.1 Å². The molecule has 0 N–H and O–H groups in total. The van der Waals surface area contributed by atoms with Gasteiger partial charge in [0, 0.05) is 19.2 Å². The van der Waals surface area contributed by atoms with E-state index in [4.69, 9.17) is 11.6 Å². The van der Waals surface area contributed by atoms with Crippen LogP contribution in [0, 0.1) is 5.92 Å². The van der Waals surface area contributed by atoms with Gasteiger partial charge in [-0.05, 0) is 19.1 Å². The minimum absolute atomic E-state index is 0.00680. The molecule has 0 saturated heterocycles. The van der Waals surface area contributed by atoms with Crippen molar-refractivity contribution >= 4 is 34.4 Å². The van der Waals surface area contributed by atoms with Crippen molar-refractivity contribution in [3.8, 4) is 5.69 Å². The number of pyridine rings is 1. The third-order valence-electron chi connectivity index (χ3n) is 4.36. The van der Waals surface area contributed by atoms with E-state index in [1.807, 2.05) is 0 Å². The van der Waals surface area contributed by atoms with Gasteiger partial charge in [-0.25, -0.2) is 13.5 Å². The van der Waals surface area contributed by atoms with E-state index in [0.29, 0.717) is 17.9 Å². The van der Waals surface area contributed by atoms with Gasteiger partial charge in [0.25, 0.3) is 5.92 Å². The molecule has 10 heteroatoms. The second-order valence-electron chi connectivity index (χ2n) is 6.32. The van der Waals surface area contributed by atoms with E-state index in [1.54, 1.807) is 37.6 Å². The molecule has 2 heterocycles. The number of carbonyl (C=O) groups excluding carboxylic acids is 1. The van der Waals surface area contributed by atoms with E-state index in [0.717, 1.165) is 0 Å². The quantitative estimate of drug-likeness (QED) is 0.620. The van der Waals surface area contributed by atoms with Gasteiger partial charge in [0.15, 0.2) is 5.15 Å². The van der Waals surface area contributed by atoms with Crippen LogP contribution in [-0.4, -0.2) is 49.2 Å². The third-order valence-corrected chi connectivity index (χ3v) is 6.06. The first-order valence-corrected chi connectivity index (χ1v) is 10.4. The van der Waals surface area contributed by atoms with Crippen LogP contribution in [0.5, 0.6) is 0 Å². The van der Waals surface area contributed by atoms with Crippen molar-refractivity contribution in [1.29, 1.82) is 0 Å². The van der Waals surface area contributed by atoms with Crippen LogP contribution in [0.3, 0.4) is 0 Å². The lowest BCUT2D eigenvalue weighted by Gasteiger charge is -2.20. The number of anilines is 1. The summed E-state index contributed by atoms with van der Waals surface area (Å²) in [7, 11) is 0. The molecule has 1 fully saturated rings. The highest BCUT2D eigenvalue weighted by atomic mass is 35.5. The number of amides is 1. The normalized spacial score (nSPS) is 18.9. The molecule has 2 aromatic rings. The van der Waals surface area contributed by atoms with Crippen molar-refractivity contribution in [3.05, 3.63) is 35.9 Å². The number of carbonyl (C=O) groups is 1. The monoisotopic (exact) mass is 416 g/mol. The molecule has 27 heavy (non-hydrogen) atoms. The molecule has 2 aromatic heterocycles. The summed E-state index contributed by atoms with van der Waals surface area (Å²) in [5.41, 5.74) is 1.13. The van der Waals surface area contributed by atoms with Crippen molar-refractivity contribution in [2.45, 2.75) is 25.7 Å². The lowest BCUT2D eigenvalue weighted by atomic mass is 10.3. The van der Waals surface area contributed by atoms with Gasteiger partial charge in [0.2, 0.25) is 5.91 Å². The van der Waals surface area contributed by atoms with Crippen molar-refractivity contribution in [1.82, 2.24) is 14.8 Å². The summed E-state index contributed by atoms with van der Waals surface area (Å²) in [4.78, 5) is 18.0. The van der Waals surface area contributed by atoms with Gasteiger partial charge in [-0.3, -0.25) is 9.78 Å². The Morgan fingerprint density at radius 2 is 2.30 bits per heavy atom. The molecule has 1 saturated carbocycles. The predicted molar refractivity (Wildman–Crippen MR) is 99.9 cm³/mol. The van der Waals surface area contributed by atoms with E-state index >= 15 is 0 Å². The Morgan fingerprint density at radius 1 is 1.56 bits per heavy atom. The van der Waals surface area contributed by atoms with Crippen LogP contribution in [-0.2, 0) is 16.0 Å². The van der Waals surface area contributed by atoms with Crippen LogP contribution in [0.15, 0.2) is 30.7 Å². The molecule has 0 aromatic carbocycles. The lowest BCUT2D eigenvalue weighted by Crippen LogP contribution is -2.32. The molecule has 0 radical (unpaired) electrons. The summed E-state index contributed by atoms with van der Waals surface area (Å²) in [6, 6.07) is 3.56. The van der Waals surface area contributed by atoms with Crippen LogP contribution in [0.2, 0.25) is 5.15 Å². The van der Waals surface area contributed by atoms with Crippen molar-refractivity contribution in [2.75, 3.05) is 23.0 Å². The Morgan fingerprint density at radius 3 is 2.89 bits per heavy atom. The fraction of sp³-hybridized carbons (Fsp3) is 0.471. The first-order valence-electron chi connectivity index (χ1n) is 8.50. The van der Waals surface area contributed by atoms with E-state index in [9.17, 15) is 18.1 Å². The van der Waals surface area contributed by atoms with E-state index in [1.165, 1.54) is 9.58 Å². The number of nitrogens with zero attached hydrogens (tertiary/aromatic N) is 4. The maximum atomic E-state index is 12.9. The molecular formula is C17H19ClF2N4O2S. The topological polar surface area (TPSA) is 74.1 Å². The first kappa shape index (κ1) is 20.0. The SMILES string of the molecule is CCN(C(=O)CC[S+]([O-])CC1CC1(F)F)c1cn(-c2cccnc2)nc1Cl. The molecule has 1 aliphatic rings. The molecule has 0 spiro atoms. The Balaban J connectivity index is 1.62. The van der Waals surface area contributed by atoms with Gasteiger partial charge in [-0.2, -0.15) is 5.10 Å².